The Bertz CT molecular complexity index is 1010. The summed E-state index contributed by atoms with van der Waals surface area (Å²) in [6.45, 7) is 2.14. The first-order valence-corrected chi connectivity index (χ1v) is 9.32. The number of carbonyl (C=O) groups excluding carboxylic acids is 1. The monoisotopic (exact) mass is 393 g/mol. The standard InChI is InChI=1S/C19H23N9O/c1-20-19(22-9-15-4-3-5-16(8-15)28-14-21-13-24-28)26-6-7-27(18(29)12-26)17-10-23-25(2)11-17/h3-5,8,10-11,13-14H,6-7,9,12H2,1-2H3,(H,20,22). The minimum absolute atomic E-state index is 0.0281. The predicted octanol–water partition coefficient (Wildman–Crippen LogP) is 0.425. The first-order valence-electron chi connectivity index (χ1n) is 9.32. The predicted molar refractivity (Wildman–Crippen MR) is 109 cm³/mol. The fourth-order valence-electron chi connectivity index (χ4n) is 3.34. The molecule has 1 aliphatic heterocycles. The fourth-order valence-corrected chi connectivity index (χ4v) is 3.34. The summed E-state index contributed by atoms with van der Waals surface area (Å²) in [5, 5.41) is 11.7. The summed E-state index contributed by atoms with van der Waals surface area (Å²) in [6, 6.07) is 8.03. The molecule has 0 radical (unpaired) electrons. The molecule has 1 fully saturated rings. The van der Waals surface area contributed by atoms with E-state index in [9.17, 15) is 4.79 Å². The number of guanidine groups is 1. The molecule has 3 heterocycles. The topological polar surface area (TPSA) is 96.5 Å². The number of anilines is 1. The molecule has 1 aromatic carbocycles. The van der Waals surface area contributed by atoms with Crippen molar-refractivity contribution in [3.63, 3.8) is 0 Å². The number of aliphatic imine (C=N–C) groups is 1. The lowest BCUT2D eigenvalue weighted by Gasteiger charge is -2.35. The van der Waals surface area contributed by atoms with Crippen LogP contribution in [0.2, 0.25) is 0 Å². The first-order chi connectivity index (χ1) is 14.1. The van der Waals surface area contributed by atoms with Gasteiger partial charge in [0.15, 0.2) is 5.96 Å². The van der Waals surface area contributed by atoms with Crippen molar-refractivity contribution in [3.05, 3.63) is 54.9 Å². The lowest BCUT2D eigenvalue weighted by molar-refractivity contribution is -0.120. The van der Waals surface area contributed by atoms with Gasteiger partial charge in [0.2, 0.25) is 5.91 Å². The number of carbonyl (C=O) groups is 1. The summed E-state index contributed by atoms with van der Waals surface area (Å²) in [5.74, 6) is 0.732. The number of benzene rings is 1. The average molecular weight is 393 g/mol. The van der Waals surface area contributed by atoms with Crippen LogP contribution in [0.1, 0.15) is 5.56 Å². The van der Waals surface area contributed by atoms with E-state index in [-0.39, 0.29) is 12.5 Å². The van der Waals surface area contributed by atoms with E-state index in [1.165, 1.54) is 6.33 Å². The van der Waals surface area contributed by atoms with E-state index in [1.54, 1.807) is 33.8 Å². The Hall–Kier alpha value is -3.69. The molecule has 0 atom stereocenters. The quantitative estimate of drug-likeness (QED) is 0.510. The van der Waals surface area contributed by atoms with Crippen molar-refractivity contribution in [2.45, 2.75) is 6.54 Å². The second-order valence-electron chi connectivity index (χ2n) is 6.75. The van der Waals surface area contributed by atoms with Crippen molar-refractivity contribution in [3.8, 4) is 5.69 Å². The van der Waals surface area contributed by atoms with Crippen molar-refractivity contribution in [1.29, 1.82) is 0 Å². The number of aryl methyl sites for hydroxylation is 1. The maximum atomic E-state index is 12.6. The molecular formula is C19H23N9O. The van der Waals surface area contributed by atoms with E-state index < -0.39 is 0 Å². The first kappa shape index (κ1) is 18.7. The average Bonchev–Trinajstić information content (AvgIpc) is 3.41. The molecule has 10 heteroatoms. The van der Waals surface area contributed by atoms with Gasteiger partial charge in [-0.25, -0.2) is 9.67 Å². The number of aromatic nitrogens is 5. The molecule has 1 N–H and O–H groups in total. The van der Waals surface area contributed by atoms with Gasteiger partial charge in [-0.2, -0.15) is 10.2 Å². The molecule has 0 bridgehead atoms. The van der Waals surface area contributed by atoms with Crippen LogP contribution in [-0.2, 0) is 18.4 Å². The number of nitrogens with one attached hydrogen (secondary N) is 1. The summed E-state index contributed by atoms with van der Waals surface area (Å²) in [7, 11) is 3.57. The lowest BCUT2D eigenvalue weighted by Crippen LogP contribution is -2.55. The minimum Gasteiger partial charge on any atom is -0.352 e. The molecule has 10 nitrogen and oxygen atoms in total. The van der Waals surface area contributed by atoms with E-state index in [1.807, 2.05) is 42.4 Å². The summed E-state index contributed by atoms with van der Waals surface area (Å²) >= 11 is 0. The van der Waals surface area contributed by atoms with E-state index in [0.29, 0.717) is 25.6 Å². The van der Waals surface area contributed by atoms with Gasteiger partial charge in [0.25, 0.3) is 0 Å². The zero-order valence-corrected chi connectivity index (χ0v) is 16.4. The highest BCUT2D eigenvalue weighted by Crippen LogP contribution is 2.16. The largest absolute Gasteiger partial charge is 0.352 e. The number of hydrogen-bond donors (Lipinski definition) is 1. The third-order valence-corrected chi connectivity index (χ3v) is 4.78. The molecule has 0 aliphatic carbocycles. The van der Waals surface area contributed by atoms with Crippen LogP contribution in [0, 0.1) is 0 Å². The van der Waals surface area contributed by atoms with Gasteiger partial charge in [-0.1, -0.05) is 12.1 Å². The van der Waals surface area contributed by atoms with Crippen molar-refractivity contribution in [2.24, 2.45) is 12.0 Å². The highest BCUT2D eigenvalue weighted by Gasteiger charge is 2.27. The van der Waals surface area contributed by atoms with Crippen LogP contribution in [0.15, 0.2) is 54.3 Å². The normalized spacial score (nSPS) is 15.1. The zero-order chi connectivity index (χ0) is 20.2. The molecule has 0 saturated carbocycles. The van der Waals surface area contributed by atoms with Crippen molar-refractivity contribution in [1.82, 2.24) is 34.8 Å². The van der Waals surface area contributed by atoms with E-state index in [2.05, 4.69) is 25.5 Å². The molecular weight excluding hydrogens is 370 g/mol. The summed E-state index contributed by atoms with van der Waals surface area (Å²) in [6.07, 6.45) is 6.74. The molecule has 2 aromatic heterocycles. The van der Waals surface area contributed by atoms with Crippen LogP contribution < -0.4 is 10.2 Å². The summed E-state index contributed by atoms with van der Waals surface area (Å²) in [4.78, 5) is 24.7. The zero-order valence-electron chi connectivity index (χ0n) is 16.4. The maximum Gasteiger partial charge on any atom is 0.246 e. The Morgan fingerprint density at radius 2 is 2.14 bits per heavy atom. The van der Waals surface area contributed by atoms with Gasteiger partial charge in [-0.3, -0.25) is 14.5 Å². The smallest absolute Gasteiger partial charge is 0.246 e. The number of piperazine rings is 1. The Balaban J connectivity index is 1.38. The van der Waals surface area contributed by atoms with Gasteiger partial charge in [0.1, 0.15) is 19.2 Å². The molecule has 150 valence electrons. The third kappa shape index (κ3) is 4.10. The van der Waals surface area contributed by atoms with Gasteiger partial charge in [0, 0.05) is 39.9 Å². The number of nitrogens with zero attached hydrogens (tertiary/aromatic N) is 8. The molecule has 1 amide bonds. The SMILES string of the molecule is CN=C(NCc1cccc(-n2cncn2)c1)N1CCN(c2cnn(C)c2)C(=O)C1. The second-order valence-corrected chi connectivity index (χ2v) is 6.75. The van der Waals surface area contributed by atoms with Crippen LogP contribution >= 0.6 is 0 Å². The van der Waals surface area contributed by atoms with Gasteiger partial charge in [-0.15, -0.1) is 0 Å². The van der Waals surface area contributed by atoms with E-state index in [0.717, 1.165) is 16.9 Å². The van der Waals surface area contributed by atoms with Gasteiger partial charge < -0.3 is 15.1 Å². The van der Waals surface area contributed by atoms with Gasteiger partial charge >= 0.3 is 0 Å². The van der Waals surface area contributed by atoms with Crippen LogP contribution in [0.4, 0.5) is 5.69 Å². The lowest BCUT2D eigenvalue weighted by atomic mass is 10.2. The second kappa shape index (κ2) is 8.13. The molecule has 4 rings (SSSR count). The van der Waals surface area contributed by atoms with E-state index in [4.69, 9.17) is 0 Å². The highest BCUT2D eigenvalue weighted by atomic mass is 16.2. The number of rotatable bonds is 4. The van der Waals surface area contributed by atoms with Gasteiger partial charge in [0.05, 0.1) is 17.6 Å². The van der Waals surface area contributed by atoms with Crippen LogP contribution in [0.5, 0.6) is 0 Å². The highest BCUT2D eigenvalue weighted by molar-refractivity contribution is 5.98. The van der Waals surface area contributed by atoms with Crippen LogP contribution in [0.3, 0.4) is 0 Å². The van der Waals surface area contributed by atoms with Gasteiger partial charge in [-0.05, 0) is 17.7 Å². The number of hydrogen-bond acceptors (Lipinski definition) is 5. The summed E-state index contributed by atoms with van der Waals surface area (Å²) in [5.41, 5.74) is 2.85. The van der Waals surface area contributed by atoms with E-state index >= 15 is 0 Å². The Morgan fingerprint density at radius 1 is 1.24 bits per heavy atom. The minimum atomic E-state index is 0.0281. The van der Waals surface area contributed by atoms with Crippen LogP contribution in [-0.4, -0.2) is 68.0 Å². The Morgan fingerprint density at radius 3 is 2.83 bits per heavy atom. The fraction of sp³-hybridized carbons (Fsp3) is 0.316. The van der Waals surface area contributed by atoms with Crippen molar-refractivity contribution < 1.29 is 4.79 Å². The molecule has 0 spiro atoms. The molecule has 1 aliphatic rings. The maximum absolute atomic E-state index is 12.6. The molecule has 0 unspecified atom stereocenters. The van der Waals surface area contributed by atoms with Crippen LogP contribution in [0.25, 0.3) is 5.69 Å². The number of amides is 1. The Kier molecular flexibility index (Phi) is 5.23. The van der Waals surface area contributed by atoms with Crippen molar-refractivity contribution >= 4 is 17.6 Å². The third-order valence-electron chi connectivity index (χ3n) is 4.78. The summed E-state index contributed by atoms with van der Waals surface area (Å²) < 4.78 is 3.41. The molecule has 29 heavy (non-hydrogen) atoms. The molecule has 3 aromatic rings. The Labute approximate surface area is 168 Å². The molecule has 1 saturated heterocycles. The van der Waals surface area contributed by atoms with Crippen molar-refractivity contribution in [2.75, 3.05) is 31.6 Å².